The first-order chi connectivity index (χ1) is 8.70. The Bertz CT molecular complexity index is 437. The van der Waals surface area contributed by atoms with Crippen LogP contribution in [0.25, 0.3) is 0 Å². The molecule has 0 aliphatic carbocycles. The second-order valence-corrected chi connectivity index (χ2v) is 5.41. The molecule has 1 aromatic carbocycles. The molecule has 1 aliphatic heterocycles. The Morgan fingerprint density at radius 3 is 2.78 bits per heavy atom. The zero-order valence-corrected chi connectivity index (χ0v) is 11.3. The monoisotopic (exact) mass is 266 g/mol. The normalized spacial score (nSPS) is 15.8. The largest absolute Gasteiger partial charge is 0.490 e. The minimum absolute atomic E-state index is 0.0229. The third kappa shape index (κ3) is 3.10. The highest BCUT2D eigenvalue weighted by Gasteiger charge is 2.15. The number of ether oxygens (including phenoxy) is 2. The zero-order valence-electron chi connectivity index (χ0n) is 10.4. The Labute approximate surface area is 111 Å². The van der Waals surface area contributed by atoms with Crippen LogP contribution in [0.3, 0.4) is 0 Å². The van der Waals surface area contributed by atoms with E-state index in [1.54, 1.807) is 11.8 Å². The first-order valence-corrected chi connectivity index (χ1v) is 6.99. The number of rotatable bonds is 4. The van der Waals surface area contributed by atoms with Crippen LogP contribution in [-0.2, 0) is 0 Å². The van der Waals surface area contributed by atoms with E-state index in [-0.39, 0.29) is 11.1 Å². The number of thioether (sulfide) groups is 1. The molecule has 0 radical (unpaired) electrons. The van der Waals surface area contributed by atoms with Gasteiger partial charge in [-0.15, -0.1) is 11.8 Å². The van der Waals surface area contributed by atoms with Gasteiger partial charge >= 0.3 is 0 Å². The van der Waals surface area contributed by atoms with Crippen molar-refractivity contribution in [2.75, 3.05) is 13.2 Å². The van der Waals surface area contributed by atoms with Gasteiger partial charge in [-0.05, 0) is 24.6 Å². The Morgan fingerprint density at radius 1 is 1.39 bits per heavy atom. The molecule has 4 nitrogen and oxygen atoms in total. The van der Waals surface area contributed by atoms with E-state index in [0.717, 1.165) is 29.2 Å². The maximum atomic E-state index is 7.53. The molecule has 1 aromatic rings. The summed E-state index contributed by atoms with van der Waals surface area (Å²) in [6.07, 6.45) is 1.75. The van der Waals surface area contributed by atoms with Crippen molar-refractivity contribution in [2.45, 2.75) is 29.9 Å². The molecule has 18 heavy (non-hydrogen) atoms. The number of nitrogens with two attached hydrogens (primary N) is 1. The SMILES string of the molecule is CCC(Sc1ccc2c(c1)OCCCO2)C(=N)N. The van der Waals surface area contributed by atoms with Gasteiger partial charge in [0.2, 0.25) is 0 Å². The van der Waals surface area contributed by atoms with Gasteiger partial charge < -0.3 is 15.2 Å². The molecule has 1 unspecified atom stereocenters. The third-order valence-corrected chi connectivity index (χ3v) is 4.11. The van der Waals surface area contributed by atoms with Crippen LogP contribution in [0.1, 0.15) is 19.8 Å². The molecular weight excluding hydrogens is 248 g/mol. The van der Waals surface area contributed by atoms with Crippen molar-refractivity contribution < 1.29 is 9.47 Å². The molecule has 1 aliphatic rings. The summed E-state index contributed by atoms with van der Waals surface area (Å²) in [5.41, 5.74) is 5.56. The standard InChI is InChI=1S/C13H18N2O2S/c1-2-12(13(14)15)18-9-4-5-10-11(8-9)17-7-3-6-16-10/h4-5,8,12H,2-3,6-7H2,1H3,(H3,14,15). The van der Waals surface area contributed by atoms with Crippen molar-refractivity contribution >= 4 is 17.6 Å². The summed E-state index contributed by atoms with van der Waals surface area (Å²) in [6.45, 7) is 3.41. The van der Waals surface area contributed by atoms with Crippen LogP contribution in [-0.4, -0.2) is 24.3 Å². The molecule has 2 rings (SSSR count). The molecule has 0 saturated heterocycles. The molecular formula is C13H18N2O2S. The van der Waals surface area contributed by atoms with Crippen molar-refractivity contribution in [2.24, 2.45) is 5.73 Å². The van der Waals surface area contributed by atoms with E-state index in [4.69, 9.17) is 20.6 Å². The second kappa shape index (κ2) is 6.00. The fourth-order valence-electron chi connectivity index (χ4n) is 1.75. The lowest BCUT2D eigenvalue weighted by molar-refractivity contribution is 0.297. The van der Waals surface area contributed by atoms with E-state index in [0.29, 0.717) is 13.2 Å². The molecule has 1 heterocycles. The summed E-state index contributed by atoms with van der Waals surface area (Å²) in [6, 6.07) is 5.89. The number of hydrogen-bond donors (Lipinski definition) is 2. The average molecular weight is 266 g/mol. The first-order valence-electron chi connectivity index (χ1n) is 6.11. The van der Waals surface area contributed by atoms with Crippen molar-refractivity contribution in [3.8, 4) is 11.5 Å². The Hall–Kier alpha value is -1.36. The lowest BCUT2D eigenvalue weighted by Gasteiger charge is -2.14. The zero-order chi connectivity index (χ0) is 13.0. The van der Waals surface area contributed by atoms with Gasteiger partial charge in [-0.25, -0.2) is 0 Å². The minimum atomic E-state index is 0.0229. The molecule has 0 saturated carbocycles. The van der Waals surface area contributed by atoms with Crippen LogP contribution in [0.4, 0.5) is 0 Å². The highest BCUT2D eigenvalue weighted by atomic mass is 32.2. The van der Waals surface area contributed by atoms with Crippen LogP contribution < -0.4 is 15.2 Å². The molecule has 0 bridgehead atoms. The van der Waals surface area contributed by atoms with E-state index in [1.165, 1.54) is 0 Å². The molecule has 3 N–H and O–H groups in total. The number of benzene rings is 1. The summed E-state index contributed by atoms with van der Waals surface area (Å²) >= 11 is 1.59. The fourth-order valence-corrected chi connectivity index (χ4v) is 2.69. The number of nitrogens with one attached hydrogen (secondary N) is 1. The molecule has 0 aromatic heterocycles. The Kier molecular flexibility index (Phi) is 4.36. The molecule has 5 heteroatoms. The third-order valence-electron chi connectivity index (χ3n) is 2.71. The molecule has 0 spiro atoms. The van der Waals surface area contributed by atoms with Gasteiger partial charge in [-0.1, -0.05) is 6.92 Å². The highest BCUT2D eigenvalue weighted by molar-refractivity contribution is 8.00. The molecule has 1 atom stereocenters. The van der Waals surface area contributed by atoms with Gasteiger partial charge in [0.25, 0.3) is 0 Å². The second-order valence-electron chi connectivity index (χ2n) is 4.13. The number of amidine groups is 1. The highest BCUT2D eigenvalue weighted by Crippen LogP contribution is 2.35. The van der Waals surface area contributed by atoms with Crippen LogP contribution in [0.5, 0.6) is 11.5 Å². The maximum Gasteiger partial charge on any atom is 0.162 e. The van der Waals surface area contributed by atoms with Crippen molar-refractivity contribution in [3.05, 3.63) is 18.2 Å². The smallest absolute Gasteiger partial charge is 0.162 e. The topological polar surface area (TPSA) is 68.3 Å². The van der Waals surface area contributed by atoms with Crippen LogP contribution >= 0.6 is 11.8 Å². The summed E-state index contributed by atoms with van der Waals surface area (Å²) in [5.74, 6) is 1.80. The summed E-state index contributed by atoms with van der Waals surface area (Å²) < 4.78 is 11.2. The van der Waals surface area contributed by atoms with E-state index in [1.807, 2.05) is 25.1 Å². The van der Waals surface area contributed by atoms with Gasteiger partial charge in [-0.2, -0.15) is 0 Å². The summed E-state index contributed by atoms with van der Waals surface area (Å²) in [4.78, 5) is 1.06. The van der Waals surface area contributed by atoms with Gasteiger partial charge in [-0.3, -0.25) is 5.41 Å². The van der Waals surface area contributed by atoms with Crippen LogP contribution in [0.2, 0.25) is 0 Å². The minimum Gasteiger partial charge on any atom is -0.490 e. The summed E-state index contributed by atoms with van der Waals surface area (Å²) in [5, 5.41) is 7.55. The van der Waals surface area contributed by atoms with Gasteiger partial charge in [0.05, 0.1) is 18.5 Å². The van der Waals surface area contributed by atoms with Gasteiger partial charge in [0.1, 0.15) is 5.84 Å². The quantitative estimate of drug-likeness (QED) is 0.499. The van der Waals surface area contributed by atoms with Crippen molar-refractivity contribution in [3.63, 3.8) is 0 Å². The Balaban J connectivity index is 2.15. The van der Waals surface area contributed by atoms with E-state index < -0.39 is 0 Å². The van der Waals surface area contributed by atoms with Crippen LogP contribution in [0, 0.1) is 5.41 Å². The molecule has 98 valence electrons. The predicted octanol–water partition coefficient (Wildman–Crippen LogP) is 2.65. The summed E-state index contributed by atoms with van der Waals surface area (Å²) in [7, 11) is 0. The lowest BCUT2D eigenvalue weighted by atomic mass is 10.3. The Morgan fingerprint density at radius 2 is 2.11 bits per heavy atom. The number of hydrogen-bond acceptors (Lipinski definition) is 4. The van der Waals surface area contributed by atoms with Crippen LogP contribution in [0.15, 0.2) is 23.1 Å². The first kappa shape index (κ1) is 13.1. The predicted molar refractivity (Wildman–Crippen MR) is 73.9 cm³/mol. The number of fused-ring (bicyclic) bond motifs is 1. The maximum absolute atomic E-state index is 7.53. The van der Waals surface area contributed by atoms with Gasteiger partial charge in [0.15, 0.2) is 11.5 Å². The molecule has 0 amide bonds. The average Bonchev–Trinajstić information content (AvgIpc) is 2.60. The molecule has 0 fully saturated rings. The van der Waals surface area contributed by atoms with Gasteiger partial charge in [0, 0.05) is 11.3 Å². The van der Waals surface area contributed by atoms with Crippen molar-refractivity contribution in [1.29, 1.82) is 5.41 Å². The van der Waals surface area contributed by atoms with E-state index >= 15 is 0 Å². The van der Waals surface area contributed by atoms with Crippen molar-refractivity contribution in [1.82, 2.24) is 0 Å². The fraction of sp³-hybridized carbons (Fsp3) is 0.462. The van der Waals surface area contributed by atoms with E-state index in [2.05, 4.69) is 0 Å². The lowest BCUT2D eigenvalue weighted by Crippen LogP contribution is -2.23. The van der Waals surface area contributed by atoms with E-state index in [9.17, 15) is 0 Å².